The van der Waals surface area contributed by atoms with Crippen molar-refractivity contribution in [1.82, 2.24) is 4.98 Å². The molecule has 0 aliphatic heterocycles. The molecule has 2 nitrogen and oxygen atoms in total. The number of hydrogen-bond acceptors (Lipinski definition) is 1. The molecule has 80 valence electrons. The fraction of sp³-hybridized carbons (Fsp3) is 0.385. The number of aliphatic hydroxyl groups is 1. The van der Waals surface area contributed by atoms with Crippen molar-refractivity contribution in [2.75, 3.05) is 6.61 Å². The van der Waals surface area contributed by atoms with E-state index in [0.29, 0.717) is 0 Å². The van der Waals surface area contributed by atoms with E-state index in [1.54, 1.807) is 0 Å². The SMILES string of the molecule is Cc1cc(C)c2c(CCCO)c[nH]c2c1. The first kappa shape index (κ1) is 10.2. The van der Waals surface area contributed by atoms with E-state index in [4.69, 9.17) is 5.11 Å². The van der Waals surface area contributed by atoms with Gasteiger partial charge in [0.05, 0.1) is 0 Å². The van der Waals surface area contributed by atoms with Gasteiger partial charge in [-0.25, -0.2) is 0 Å². The zero-order chi connectivity index (χ0) is 10.8. The van der Waals surface area contributed by atoms with Crippen molar-refractivity contribution in [3.63, 3.8) is 0 Å². The van der Waals surface area contributed by atoms with Crippen LogP contribution in [0.1, 0.15) is 23.1 Å². The van der Waals surface area contributed by atoms with Crippen LogP contribution in [0.3, 0.4) is 0 Å². The molecular formula is C13H17NO. The molecule has 2 N–H and O–H groups in total. The minimum atomic E-state index is 0.261. The third kappa shape index (κ3) is 1.90. The second kappa shape index (κ2) is 4.07. The van der Waals surface area contributed by atoms with E-state index < -0.39 is 0 Å². The molecule has 2 aromatic rings. The zero-order valence-corrected chi connectivity index (χ0v) is 9.30. The molecule has 2 rings (SSSR count). The molecule has 0 fully saturated rings. The predicted octanol–water partition coefficient (Wildman–Crippen LogP) is 2.71. The van der Waals surface area contributed by atoms with Crippen molar-refractivity contribution >= 4 is 10.9 Å². The van der Waals surface area contributed by atoms with E-state index in [2.05, 4.69) is 37.2 Å². The van der Waals surface area contributed by atoms with Crippen LogP contribution in [0.2, 0.25) is 0 Å². The van der Waals surface area contributed by atoms with Crippen LogP contribution >= 0.6 is 0 Å². The Hall–Kier alpha value is -1.28. The highest BCUT2D eigenvalue weighted by molar-refractivity contribution is 5.87. The van der Waals surface area contributed by atoms with Crippen molar-refractivity contribution < 1.29 is 5.11 Å². The lowest BCUT2D eigenvalue weighted by Gasteiger charge is -2.02. The summed E-state index contributed by atoms with van der Waals surface area (Å²) in [7, 11) is 0. The Morgan fingerprint density at radius 1 is 1.27 bits per heavy atom. The molecule has 1 aromatic carbocycles. The molecule has 0 amide bonds. The molecule has 15 heavy (non-hydrogen) atoms. The van der Waals surface area contributed by atoms with Crippen molar-refractivity contribution in [1.29, 1.82) is 0 Å². The highest BCUT2D eigenvalue weighted by Gasteiger charge is 2.06. The molecule has 0 aliphatic rings. The number of fused-ring (bicyclic) bond motifs is 1. The number of rotatable bonds is 3. The Kier molecular flexibility index (Phi) is 2.78. The van der Waals surface area contributed by atoms with E-state index >= 15 is 0 Å². The monoisotopic (exact) mass is 203 g/mol. The Balaban J connectivity index is 2.49. The summed E-state index contributed by atoms with van der Waals surface area (Å²) in [6.07, 6.45) is 3.84. The first-order valence-electron chi connectivity index (χ1n) is 5.40. The van der Waals surface area contributed by atoms with Crippen LogP contribution < -0.4 is 0 Å². The summed E-state index contributed by atoms with van der Waals surface area (Å²) in [6, 6.07) is 4.38. The molecule has 0 atom stereocenters. The van der Waals surface area contributed by atoms with Gasteiger partial charge in [-0.1, -0.05) is 6.07 Å². The van der Waals surface area contributed by atoms with E-state index in [0.717, 1.165) is 12.8 Å². The maximum atomic E-state index is 8.84. The van der Waals surface area contributed by atoms with Crippen LogP contribution in [-0.2, 0) is 6.42 Å². The molecular weight excluding hydrogens is 186 g/mol. The molecule has 0 radical (unpaired) electrons. The van der Waals surface area contributed by atoms with Gasteiger partial charge in [0.1, 0.15) is 0 Å². The Bertz CT molecular complexity index is 471. The number of H-pyrrole nitrogens is 1. The number of nitrogens with one attached hydrogen (secondary N) is 1. The standard InChI is InChI=1S/C13H17NO/c1-9-6-10(2)13-11(4-3-5-15)8-14-12(13)7-9/h6-8,14-15H,3-5H2,1-2H3. The smallest absolute Gasteiger partial charge is 0.0462 e. The van der Waals surface area contributed by atoms with E-state index in [1.165, 1.54) is 27.6 Å². The van der Waals surface area contributed by atoms with Crippen LogP contribution in [0.25, 0.3) is 10.9 Å². The molecule has 0 spiro atoms. The van der Waals surface area contributed by atoms with Gasteiger partial charge >= 0.3 is 0 Å². The molecule has 1 heterocycles. The Labute approximate surface area is 89.9 Å². The lowest BCUT2D eigenvalue weighted by atomic mass is 10.0. The largest absolute Gasteiger partial charge is 0.396 e. The molecule has 0 aliphatic carbocycles. The second-order valence-electron chi connectivity index (χ2n) is 4.15. The van der Waals surface area contributed by atoms with Crippen molar-refractivity contribution in [2.45, 2.75) is 26.7 Å². The molecule has 0 bridgehead atoms. The third-order valence-electron chi connectivity index (χ3n) is 2.81. The number of benzene rings is 1. The van der Waals surface area contributed by atoms with Crippen LogP contribution in [-0.4, -0.2) is 16.7 Å². The maximum absolute atomic E-state index is 8.84. The molecule has 0 unspecified atom stereocenters. The van der Waals surface area contributed by atoms with Gasteiger partial charge in [0.2, 0.25) is 0 Å². The van der Waals surface area contributed by atoms with Gasteiger partial charge in [-0.2, -0.15) is 0 Å². The van der Waals surface area contributed by atoms with Crippen LogP contribution in [0.4, 0.5) is 0 Å². The Morgan fingerprint density at radius 2 is 2.07 bits per heavy atom. The summed E-state index contributed by atoms with van der Waals surface area (Å²) in [4.78, 5) is 3.30. The minimum Gasteiger partial charge on any atom is -0.396 e. The van der Waals surface area contributed by atoms with E-state index in [9.17, 15) is 0 Å². The van der Waals surface area contributed by atoms with Gasteiger partial charge < -0.3 is 10.1 Å². The number of hydrogen-bond donors (Lipinski definition) is 2. The van der Waals surface area contributed by atoms with E-state index in [-0.39, 0.29) is 6.61 Å². The normalized spacial score (nSPS) is 11.1. The van der Waals surface area contributed by atoms with E-state index in [1.807, 2.05) is 0 Å². The molecule has 2 heteroatoms. The fourth-order valence-electron chi connectivity index (χ4n) is 2.21. The molecule has 1 aromatic heterocycles. The molecule has 0 saturated carbocycles. The zero-order valence-electron chi connectivity index (χ0n) is 9.30. The minimum absolute atomic E-state index is 0.261. The average Bonchev–Trinajstić information content (AvgIpc) is 2.58. The summed E-state index contributed by atoms with van der Waals surface area (Å²) in [5.74, 6) is 0. The van der Waals surface area contributed by atoms with Crippen LogP contribution in [0.15, 0.2) is 18.3 Å². The van der Waals surface area contributed by atoms with Crippen molar-refractivity contribution in [3.8, 4) is 0 Å². The lowest BCUT2D eigenvalue weighted by Crippen LogP contribution is -1.89. The average molecular weight is 203 g/mol. The van der Waals surface area contributed by atoms with Crippen molar-refractivity contribution in [3.05, 3.63) is 35.0 Å². The Morgan fingerprint density at radius 3 is 2.80 bits per heavy atom. The van der Waals surface area contributed by atoms with Gasteiger partial charge in [0, 0.05) is 23.7 Å². The summed E-state index contributed by atoms with van der Waals surface area (Å²) in [6.45, 7) is 4.52. The van der Waals surface area contributed by atoms with Gasteiger partial charge in [0.25, 0.3) is 0 Å². The summed E-state index contributed by atoms with van der Waals surface area (Å²) in [5, 5.41) is 10.2. The number of aliphatic hydroxyl groups excluding tert-OH is 1. The number of aryl methyl sites for hydroxylation is 3. The van der Waals surface area contributed by atoms with Gasteiger partial charge in [-0.05, 0) is 49.4 Å². The predicted molar refractivity (Wildman–Crippen MR) is 63.2 cm³/mol. The highest BCUT2D eigenvalue weighted by Crippen LogP contribution is 2.24. The maximum Gasteiger partial charge on any atom is 0.0462 e. The van der Waals surface area contributed by atoms with Gasteiger partial charge in [-0.3, -0.25) is 0 Å². The third-order valence-corrected chi connectivity index (χ3v) is 2.81. The van der Waals surface area contributed by atoms with Crippen LogP contribution in [0, 0.1) is 13.8 Å². The first-order chi connectivity index (χ1) is 7.22. The number of aromatic nitrogens is 1. The van der Waals surface area contributed by atoms with Crippen molar-refractivity contribution in [2.24, 2.45) is 0 Å². The molecule has 0 saturated heterocycles. The highest BCUT2D eigenvalue weighted by atomic mass is 16.2. The van der Waals surface area contributed by atoms with Gasteiger partial charge in [0.15, 0.2) is 0 Å². The summed E-state index contributed by atoms with van der Waals surface area (Å²) >= 11 is 0. The second-order valence-corrected chi connectivity index (χ2v) is 4.15. The summed E-state index contributed by atoms with van der Waals surface area (Å²) in [5.41, 5.74) is 5.13. The first-order valence-corrected chi connectivity index (χ1v) is 5.40. The quantitative estimate of drug-likeness (QED) is 0.790. The topological polar surface area (TPSA) is 36.0 Å². The fourth-order valence-corrected chi connectivity index (χ4v) is 2.21. The van der Waals surface area contributed by atoms with Gasteiger partial charge in [-0.15, -0.1) is 0 Å². The number of aromatic amines is 1. The summed E-state index contributed by atoms with van der Waals surface area (Å²) < 4.78 is 0. The van der Waals surface area contributed by atoms with Crippen LogP contribution in [0.5, 0.6) is 0 Å². The lowest BCUT2D eigenvalue weighted by molar-refractivity contribution is 0.289.